The molecule has 0 spiro atoms. The quantitative estimate of drug-likeness (QED) is 0.831. The van der Waals surface area contributed by atoms with Gasteiger partial charge in [-0.3, -0.25) is 0 Å². The summed E-state index contributed by atoms with van der Waals surface area (Å²) in [6.07, 6.45) is 5.00. The van der Waals surface area contributed by atoms with Crippen LogP contribution < -0.4 is 10.5 Å². The van der Waals surface area contributed by atoms with E-state index in [1.807, 2.05) is 0 Å². The van der Waals surface area contributed by atoms with E-state index in [9.17, 15) is 8.42 Å². The SMILES string of the molecule is NC(=S)c1ccc(Cl)c(S(=O)(=O)NC2CCCCC2)c1. The molecule has 110 valence electrons. The molecule has 0 unspecified atom stereocenters. The Morgan fingerprint density at radius 3 is 2.55 bits per heavy atom. The minimum Gasteiger partial charge on any atom is -0.389 e. The van der Waals surface area contributed by atoms with Gasteiger partial charge in [0.2, 0.25) is 10.0 Å². The molecule has 1 aliphatic rings. The summed E-state index contributed by atoms with van der Waals surface area (Å²) in [5.74, 6) is 0. The Kier molecular flexibility index (Phi) is 5.01. The molecule has 1 aromatic rings. The Morgan fingerprint density at radius 1 is 1.30 bits per heavy atom. The monoisotopic (exact) mass is 332 g/mol. The molecule has 0 aromatic heterocycles. The zero-order chi connectivity index (χ0) is 14.8. The topological polar surface area (TPSA) is 72.2 Å². The van der Waals surface area contributed by atoms with Crippen LogP contribution >= 0.6 is 23.8 Å². The molecule has 0 aliphatic heterocycles. The lowest BCUT2D eigenvalue weighted by Crippen LogP contribution is -2.36. The van der Waals surface area contributed by atoms with Gasteiger partial charge in [-0.2, -0.15) is 0 Å². The number of sulfonamides is 1. The first kappa shape index (κ1) is 15.7. The van der Waals surface area contributed by atoms with Gasteiger partial charge in [-0.1, -0.05) is 49.1 Å². The Hall–Kier alpha value is -0.690. The fourth-order valence-corrected chi connectivity index (χ4v) is 4.32. The van der Waals surface area contributed by atoms with Crippen LogP contribution in [-0.4, -0.2) is 19.4 Å². The molecular weight excluding hydrogens is 316 g/mol. The maximum Gasteiger partial charge on any atom is 0.242 e. The predicted octanol–water partition coefficient (Wildman–Crippen LogP) is 2.59. The highest BCUT2D eigenvalue weighted by Gasteiger charge is 2.24. The van der Waals surface area contributed by atoms with Gasteiger partial charge in [0.15, 0.2) is 0 Å². The first-order valence-electron chi connectivity index (χ1n) is 6.52. The van der Waals surface area contributed by atoms with Gasteiger partial charge >= 0.3 is 0 Å². The zero-order valence-electron chi connectivity index (χ0n) is 10.9. The molecule has 1 saturated carbocycles. The standard InChI is InChI=1S/C13H17ClN2O2S2/c14-11-7-6-9(13(15)19)8-12(11)20(17,18)16-10-4-2-1-3-5-10/h6-8,10,16H,1-5H2,(H2,15,19). The second kappa shape index (κ2) is 6.39. The van der Waals surface area contributed by atoms with Crippen molar-refractivity contribution in [2.45, 2.75) is 43.0 Å². The van der Waals surface area contributed by atoms with E-state index in [0.717, 1.165) is 32.1 Å². The third-order valence-electron chi connectivity index (χ3n) is 3.43. The van der Waals surface area contributed by atoms with Gasteiger partial charge in [-0.15, -0.1) is 0 Å². The summed E-state index contributed by atoms with van der Waals surface area (Å²) in [4.78, 5) is 0.186. The lowest BCUT2D eigenvalue weighted by Gasteiger charge is -2.23. The van der Waals surface area contributed by atoms with Crippen molar-refractivity contribution in [1.82, 2.24) is 4.72 Å². The van der Waals surface area contributed by atoms with Crippen molar-refractivity contribution in [1.29, 1.82) is 0 Å². The van der Waals surface area contributed by atoms with Crippen molar-refractivity contribution in [3.63, 3.8) is 0 Å². The Bertz CT molecular complexity index is 611. The van der Waals surface area contributed by atoms with Crippen LogP contribution in [0.3, 0.4) is 0 Å². The number of nitrogens with one attached hydrogen (secondary N) is 1. The number of benzene rings is 1. The molecule has 0 amide bonds. The van der Waals surface area contributed by atoms with Gasteiger partial charge in [0.25, 0.3) is 0 Å². The summed E-state index contributed by atoms with van der Waals surface area (Å²) in [6.45, 7) is 0. The van der Waals surface area contributed by atoms with Crippen LogP contribution in [0.2, 0.25) is 5.02 Å². The first-order valence-corrected chi connectivity index (χ1v) is 8.79. The van der Waals surface area contributed by atoms with Crippen LogP contribution in [-0.2, 0) is 10.0 Å². The molecule has 1 fully saturated rings. The van der Waals surface area contributed by atoms with Crippen molar-refractivity contribution in [2.24, 2.45) is 5.73 Å². The van der Waals surface area contributed by atoms with Crippen molar-refractivity contribution in [2.75, 3.05) is 0 Å². The molecule has 0 atom stereocenters. The molecule has 4 nitrogen and oxygen atoms in total. The third kappa shape index (κ3) is 3.69. The van der Waals surface area contributed by atoms with Gasteiger partial charge in [-0.05, 0) is 25.0 Å². The molecule has 0 saturated heterocycles. The molecule has 2 rings (SSSR count). The van der Waals surface area contributed by atoms with Gasteiger partial charge in [-0.25, -0.2) is 13.1 Å². The highest BCUT2D eigenvalue weighted by atomic mass is 35.5. The van der Waals surface area contributed by atoms with E-state index < -0.39 is 10.0 Å². The summed E-state index contributed by atoms with van der Waals surface area (Å²) in [7, 11) is -3.64. The van der Waals surface area contributed by atoms with Crippen molar-refractivity contribution in [3.8, 4) is 0 Å². The predicted molar refractivity (Wildman–Crippen MR) is 84.5 cm³/mol. The van der Waals surface area contributed by atoms with Crippen LogP contribution in [0.15, 0.2) is 23.1 Å². The van der Waals surface area contributed by atoms with Crippen LogP contribution in [0, 0.1) is 0 Å². The minimum absolute atomic E-state index is 0.0155. The van der Waals surface area contributed by atoms with E-state index in [1.54, 1.807) is 6.07 Å². The molecular formula is C13H17ClN2O2S2. The molecule has 0 radical (unpaired) electrons. The maximum absolute atomic E-state index is 12.4. The van der Waals surface area contributed by atoms with E-state index >= 15 is 0 Å². The van der Waals surface area contributed by atoms with E-state index in [2.05, 4.69) is 4.72 Å². The summed E-state index contributed by atoms with van der Waals surface area (Å²) < 4.78 is 27.6. The third-order valence-corrected chi connectivity index (χ3v) is 5.67. The number of hydrogen-bond donors (Lipinski definition) is 2. The average Bonchev–Trinajstić information content (AvgIpc) is 2.39. The molecule has 1 aliphatic carbocycles. The van der Waals surface area contributed by atoms with E-state index in [4.69, 9.17) is 29.6 Å². The maximum atomic E-state index is 12.4. The normalized spacial score (nSPS) is 17.1. The summed E-state index contributed by atoms with van der Waals surface area (Å²) in [6, 6.07) is 4.53. The average molecular weight is 333 g/mol. The largest absolute Gasteiger partial charge is 0.389 e. The van der Waals surface area contributed by atoms with Gasteiger partial charge < -0.3 is 5.73 Å². The molecule has 7 heteroatoms. The fourth-order valence-electron chi connectivity index (χ4n) is 2.37. The van der Waals surface area contributed by atoms with Crippen molar-refractivity contribution < 1.29 is 8.42 Å². The van der Waals surface area contributed by atoms with Crippen molar-refractivity contribution in [3.05, 3.63) is 28.8 Å². The number of hydrogen-bond acceptors (Lipinski definition) is 3. The molecule has 3 N–H and O–H groups in total. The van der Waals surface area contributed by atoms with Crippen LogP contribution in [0.1, 0.15) is 37.7 Å². The Labute approximate surface area is 129 Å². The van der Waals surface area contributed by atoms with Gasteiger partial charge in [0, 0.05) is 11.6 Å². The summed E-state index contributed by atoms with van der Waals surface area (Å²) >= 11 is 10.9. The number of thiocarbonyl (C=S) groups is 1. The second-order valence-corrected chi connectivity index (χ2v) is 7.50. The summed E-state index contributed by atoms with van der Waals surface area (Å²) in [5, 5.41) is 0.174. The summed E-state index contributed by atoms with van der Waals surface area (Å²) in [5.41, 5.74) is 6.03. The molecule has 0 bridgehead atoms. The van der Waals surface area contributed by atoms with Crippen molar-refractivity contribution >= 4 is 38.8 Å². The highest BCUT2D eigenvalue weighted by Crippen LogP contribution is 2.25. The minimum atomic E-state index is -3.64. The van der Waals surface area contributed by atoms with E-state index in [-0.39, 0.29) is 20.9 Å². The number of halogens is 1. The molecule has 0 heterocycles. The number of nitrogens with two attached hydrogens (primary N) is 1. The first-order chi connectivity index (χ1) is 9.40. The number of rotatable bonds is 4. The van der Waals surface area contributed by atoms with Crippen LogP contribution in [0.4, 0.5) is 0 Å². The second-order valence-electron chi connectivity index (χ2n) is 4.97. The lowest BCUT2D eigenvalue weighted by atomic mass is 9.96. The van der Waals surface area contributed by atoms with Crippen LogP contribution in [0.5, 0.6) is 0 Å². The van der Waals surface area contributed by atoms with Crippen LogP contribution in [0.25, 0.3) is 0 Å². The van der Waals surface area contributed by atoms with Gasteiger partial charge in [0.05, 0.1) is 5.02 Å². The van der Waals surface area contributed by atoms with E-state index in [0.29, 0.717) is 5.56 Å². The zero-order valence-corrected chi connectivity index (χ0v) is 13.3. The smallest absolute Gasteiger partial charge is 0.242 e. The molecule has 1 aromatic carbocycles. The highest BCUT2D eigenvalue weighted by molar-refractivity contribution is 7.89. The van der Waals surface area contributed by atoms with Gasteiger partial charge in [0.1, 0.15) is 9.88 Å². The Balaban J connectivity index is 2.28. The lowest BCUT2D eigenvalue weighted by molar-refractivity contribution is 0.412. The fraction of sp³-hybridized carbons (Fsp3) is 0.462. The van der Waals surface area contributed by atoms with E-state index in [1.165, 1.54) is 12.1 Å². The molecule has 20 heavy (non-hydrogen) atoms. The Morgan fingerprint density at radius 2 is 1.95 bits per heavy atom.